The third kappa shape index (κ3) is 7.40. The van der Waals surface area contributed by atoms with Gasteiger partial charge < -0.3 is 28.8 Å². The second kappa shape index (κ2) is 9.97. The molecule has 1 fully saturated rings. The minimum absolute atomic E-state index is 0.0327. The molecular formula is C18H35BrO6. The van der Waals surface area contributed by atoms with Crippen molar-refractivity contribution in [2.24, 2.45) is 0 Å². The Morgan fingerprint density at radius 3 is 1.76 bits per heavy atom. The van der Waals surface area contributed by atoms with Crippen LogP contribution in [0.5, 0.6) is 0 Å². The molecule has 0 aliphatic carbocycles. The number of hydrogen-bond acceptors (Lipinski definition) is 6. The molecule has 0 aromatic carbocycles. The van der Waals surface area contributed by atoms with Crippen molar-refractivity contribution in [2.75, 3.05) is 6.61 Å². The monoisotopic (exact) mass is 426 g/mol. The van der Waals surface area contributed by atoms with Gasteiger partial charge in [0.2, 0.25) is 0 Å². The highest BCUT2D eigenvalue weighted by atomic mass is 79.9. The van der Waals surface area contributed by atoms with Crippen molar-refractivity contribution in [3.8, 4) is 0 Å². The number of ether oxygens (including phenoxy) is 5. The summed E-state index contributed by atoms with van der Waals surface area (Å²) in [5.74, 6) is 0. The average Bonchev–Trinajstić information content (AvgIpc) is 2.42. The molecule has 150 valence electrons. The molecule has 6 nitrogen and oxygen atoms in total. The van der Waals surface area contributed by atoms with Gasteiger partial charge in [0.15, 0.2) is 6.10 Å². The minimum Gasteiger partial charge on any atom is -0.376 e. The van der Waals surface area contributed by atoms with Crippen LogP contribution >= 0.6 is 15.9 Å². The lowest BCUT2D eigenvalue weighted by Crippen LogP contribution is -2.66. The smallest absolute Gasteiger partial charge is 0.254 e. The number of aliphatic hydroxyl groups is 1. The predicted octanol–water partition coefficient (Wildman–Crippen LogP) is 3.23. The zero-order chi connectivity index (χ0) is 19.4. The molecule has 0 saturated carbocycles. The Balaban J connectivity index is 3.15. The van der Waals surface area contributed by atoms with Crippen LogP contribution in [0.25, 0.3) is 0 Å². The van der Waals surface area contributed by atoms with Gasteiger partial charge >= 0.3 is 0 Å². The van der Waals surface area contributed by atoms with Crippen LogP contribution in [-0.4, -0.2) is 65.2 Å². The molecule has 5 atom stereocenters. The van der Waals surface area contributed by atoms with Gasteiger partial charge in [-0.3, -0.25) is 0 Å². The van der Waals surface area contributed by atoms with Crippen LogP contribution in [-0.2, 0) is 23.7 Å². The molecule has 0 bridgehead atoms. The standard InChI is InChI=1S/C18H35BrO6/c1-10(2)21-9-14-15(22-11(3)4)16(23-12(5)6)17(24-13(7)8)18(19,20)25-14/h10-17,20H,9H2,1-8H3/t14-,15-,16+,17-,18+/m1/s1. The quantitative estimate of drug-likeness (QED) is 0.570. The fourth-order valence-corrected chi connectivity index (χ4v) is 3.35. The van der Waals surface area contributed by atoms with Gasteiger partial charge in [0, 0.05) is 0 Å². The third-order valence-electron chi connectivity index (χ3n) is 3.53. The maximum absolute atomic E-state index is 10.8. The topological polar surface area (TPSA) is 66.4 Å². The first-order chi connectivity index (χ1) is 11.4. The van der Waals surface area contributed by atoms with E-state index >= 15 is 0 Å². The van der Waals surface area contributed by atoms with E-state index in [2.05, 4.69) is 15.9 Å². The summed E-state index contributed by atoms with van der Waals surface area (Å²) in [6.45, 7) is 15.8. The van der Waals surface area contributed by atoms with Crippen LogP contribution in [0.1, 0.15) is 55.4 Å². The molecule has 7 heteroatoms. The van der Waals surface area contributed by atoms with Gasteiger partial charge in [-0.15, -0.1) is 0 Å². The van der Waals surface area contributed by atoms with Gasteiger partial charge in [-0.05, 0) is 71.3 Å². The van der Waals surface area contributed by atoms with Crippen molar-refractivity contribution < 1.29 is 28.8 Å². The van der Waals surface area contributed by atoms with Crippen molar-refractivity contribution >= 4 is 15.9 Å². The van der Waals surface area contributed by atoms with Crippen molar-refractivity contribution in [3.05, 3.63) is 0 Å². The summed E-state index contributed by atoms with van der Waals surface area (Å²) in [5, 5.41) is 10.8. The van der Waals surface area contributed by atoms with Crippen LogP contribution in [0.3, 0.4) is 0 Å². The molecule has 1 aliphatic rings. The number of alkyl halides is 1. The molecule has 1 saturated heterocycles. The molecule has 1 N–H and O–H groups in total. The Hall–Kier alpha value is 0.240. The summed E-state index contributed by atoms with van der Waals surface area (Å²) in [6, 6.07) is 0. The Labute approximate surface area is 160 Å². The summed E-state index contributed by atoms with van der Waals surface area (Å²) in [6.07, 6.45) is -2.34. The lowest BCUT2D eigenvalue weighted by molar-refractivity contribution is -0.337. The third-order valence-corrected chi connectivity index (χ3v) is 4.17. The summed E-state index contributed by atoms with van der Waals surface area (Å²) >= 11 is 3.28. The van der Waals surface area contributed by atoms with Crippen molar-refractivity contribution in [2.45, 2.75) is 109 Å². The summed E-state index contributed by atoms with van der Waals surface area (Å²) in [4.78, 5) is 0. The number of rotatable bonds is 9. The summed E-state index contributed by atoms with van der Waals surface area (Å²) in [5.41, 5.74) is 0. The Morgan fingerprint density at radius 1 is 0.840 bits per heavy atom. The maximum Gasteiger partial charge on any atom is 0.254 e. The largest absolute Gasteiger partial charge is 0.376 e. The van der Waals surface area contributed by atoms with Gasteiger partial charge in [-0.25, -0.2) is 0 Å². The van der Waals surface area contributed by atoms with E-state index in [0.29, 0.717) is 0 Å². The molecule has 0 radical (unpaired) electrons. The maximum atomic E-state index is 10.8. The number of hydrogen-bond donors (Lipinski definition) is 1. The van der Waals surface area contributed by atoms with E-state index in [1.165, 1.54) is 0 Å². The van der Waals surface area contributed by atoms with Gasteiger partial charge in [0.1, 0.15) is 18.3 Å². The molecular weight excluding hydrogens is 392 g/mol. The van der Waals surface area contributed by atoms with E-state index in [1.54, 1.807) is 0 Å². The van der Waals surface area contributed by atoms with Crippen molar-refractivity contribution in [1.29, 1.82) is 0 Å². The van der Waals surface area contributed by atoms with E-state index in [1.807, 2.05) is 55.4 Å². The molecule has 0 unspecified atom stereocenters. The second-order valence-corrected chi connectivity index (χ2v) is 8.69. The fraction of sp³-hybridized carbons (Fsp3) is 1.00. The Kier molecular flexibility index (Phi) is 9.28. The van der Waals surface area contributed by atoms with Crippen LogP contribution in [0.15, 0.2) is 0 Å². The zero-order valence-corrected chi connectivity index (χ0v) is 18.3. The molecule has 0 aromatic heterocycles. The first kappa shape index (κ1) is 23.3. The normalized spacial score (nSPS) is 33.8. The van der Waals surface area contributed by atoms with Crippen molar-refractivity contribution in [3.63, 3.8) is 0 Å². The average molecular weight is 427 g/mol. The molecule has 0 amide bonds. The molecule has 1 rings (SSSR count). The van der Waals surface area contributed by atoms with E-state index in [-0.39, 0.29) is 31.0 Å². The first-order valence-corrected chi connectivity index (χ1v) is 9.90. The second-order valence-electron chi connectivity index (χ2n) is 7.55. The van der Waals surface area contributed by atoms with Gasteiger partial charge in [-0.1, -0.05) is 0 Å². The summed E-state index contributed by atoms with van der Waals surface area (Å²) < 4.78 is 28.1. The SMILES string of the molecule is CC(C)OC[C@H]1O[C@](O)(Br)[C@H](OC(C)C)[C@@H](OC(C)C)[C@@H]1OC(C)C. The summed E-state index contributed by atoms with van der Waals surface area (Å²) in [7, 11) is 0. The van der Waals surface area contributed by atoms with Crippen LogP contribution in [0.4, 0.5) is 0 Å². The predicted molar refractivity (Wildman–Crippen MR) is 99.9 cm³/mol. The van der Waals surface area contributed by atoms with Crippen LogP contribution < -0.4 is 0 Å². The van der Waals surface area contributed by atoms with Crippen LogP contribution in [0.2, 0.25) is 0 Å². The van der Waals surface area contributed by atoms with Gasteiger partial charge in [0.05, 0.1) is 31.0 Å². The molecule has 1 heterocycles. The highest BCUT2D eigenvalue weighted by Gasteiger charge is 2.56. The van der Waals surface area contributed by atoms with Gasteiger partial charge in [0.25, 0.3) is 4.70 Å². The minimum atomic E-state index is -1.68. The van der Waals surface area contributed by atoms with Crippen LogP contribution in [0, 0.1) is 0 Å². The first-order valence-electron chi connectivity index (χ1n) is 9.11. The Morgan fingerprint density at radius 2 is 1.32 bits per heavy atom. The lowest BCUT2D eigenvalue weighted by Gasteiger charge is -2.49. The van der Waals surface area contributed by atoms with E-state index < -0.39 is 29.1 Å². The fourth-order valence-electron chi connectivity index (χ4n) is 2.75. The number of halogens is 1. The highest BCUT2D eigenvalue weighted by Crippen LogP contribution is 2.39. The van der Waals surface area contributed by atoms with E-state index in [4.69, 9.17) is 23.7 Å². The highest BCUT2D eigenvalue weighted by molar-refractivity contribution is 9.10. The molecule has 25 heavy (non-hydrogen) atoms. The van der Waals surface area contributed by atoms with E-state index in [9.17, 15) is 5.11 Å². The zero-order valence-electron chi connectivity index (χ0n) is 16.7. The Bertz CT molecular complexity index is 386. The molecule has 0 aromatic rings. The molecule has 1 aliphatic heterocycles. The molecule has 0 spiro atoms. The van der Waals surface area contributed by atoms with Crippen molar-refractivity contribution in [1.82, 2.24) is 0 Å². The lowest BCUT2D eigenvalue weighted by atomic mass is 9.97. The van der Waals surface area contributed by atoms with Gasteiger partial charge in [-0.2, -0.15) is 0 Å². The van der Waals surface area contributed by atoms with E-state index in [0.717, 1.165) is 0 Å².